The summed E-state index contributed by atoms with van der Waals surface area (Å²) in [5, 5.41) is 18.7. The molecule has 1 aromatic carbocycles. The summed E-state index contributed by atoms with van der Waals surface area (Å²) in [5.41, 5.74) is 6.32. The summed E-state index contributed by atoms with van der Waals surface area (Å²) in [6.45, 7) is 1.59. The van der Waals surface area contributed by atoms with Crippen molar-refractivity contribution in [3.63, 3.8) is 0 Å². The van der Waals surface area contributed by atoms with Crippen molar-refractivity contribution >= 4 is 11.6 Å². The molecule has 4 N–H and O–H groups in total. The Balaban J connectivity index is 2.97. The summed E-state index contributed by atoms with van der Waals surface area (Å²) in [5.74, 6) is -0.0183. The van der Waals surface area contributed by atoms with Gasteiger partial charge in [-0.25, -0.2) is 0 Å². The van der Waals surface area contributed by atoms with Crippen LogP contribution in [0.3, 0.4) is 0 Å². The summed E-state index contributed by atoms with van der Waals surface area (Å²) in [4.78, 5) is 0. The fourth-order valence-corrected chi connectivity index (χ4v) is 1.13. The largest absolute Gasteiger partial charge is 0.506 e. The normalized spacial score (nSPS) is 15.4. The molecule has 0 spiro atoms. The van der Waals surface area contributed by atoms with Crippen LogP contribution >= 0.6 is 11.6 Å². The number of hydrogen-bond acceptors (Lipinski definition) is 3. The van der Waals surface area contributed by atoms with E-state index in [9.17, 15) is 10.2 Å². The predicted octanol–water partition coefficient (Wildman–Crippen LogP) is 1.43. The van der Waals surface area contributed by atoms with E-state index in [2.05, 4.69) is 0 Å². The van der Waals surface area contributed by atoms with Gasteiger partial charge < -0.3 is 15.9 Å². The average molecular weight is 202 g/mol. The number of hydrogen-bond donors (Lipinski definition) is 3. The summed E-state index contributed by atoms with van der Waals surface area (Å²) in [6.07, 6.45) is -0.652. The van der Waals surface area contributed by atoms with Crippen LogP contribution in [0.2, 0.25) is 5.02 Å². The van der Waals surface area contributed by atoms with Crippen LogP contribution in [0, 0.1) is 0 Å². The first kappa shape index (κ1) is 10.3. The molecule has 1 unspecified atom stereocenters. The Morgan fingerprint density at radius 2 is 2.08 bits per heavy atom. The molecule has 4 heteroatoms. The van der Waals surface area contributed by atoms with Crippen molar-refractivity contribution in [1.82, 2.24) is 0 Å². The highest BCUT2D eigenvalue weighted by molar-refractivity contribution is 6.32. The van der Waals surface area contributed by atoms with E-state index in [1.54, 1.807) is 19.1 Å². The zero-order valence-electron chi connectivity index (χ0n) is 7.24. The monoisotopic (exact) mass is 201 g/mol. The van der Waals surface area contributed by atoms with Crippen LogP contribution in [0.4, 0.5) is 0 Å². The molecule has 0 aliphatic carbocycles. The fraction of sp³-hybridized carbons (Fsp3) is 0.333. The van der Waals surface area contributed by atoms with Crippen LogP contribution in [-0.4, -0.2) is 16.3 Å². The van der Waals surface area contributed by atoms with E-state index in [-0.39, 0.29) is 10.8 Å². The van der Waals surface area contributed by atoms with E-state index in [0.29, 0.717) is 5.56 Å². The van der Waals surface area contributed by atoms with Crippen molar-refractivity contribution < 1.29 is 10.2 Å². The molecule has 0 aromatic heterocycles. The predicted molar refractivity (Wildman–Crippen MR) is 51.7 cm³/mol. The minimum absolute atomic E-state index is 0.0183. The van der Waals surface area contributed by atoms with Crippen LogP contribution in [0.5, 0.6) is 5.75 Å². The van der Waals surface area contributed by atoms with Crippen LogP contribution in [0.1, 0.15) is 18.5 Å². The molecule has 0 aliphatic rings. The second-order valence-corrected chi connectivity index (χ2v) is 3.38. The molecule has 0 heterocycles. The maximum atomic E-state index is 9.26. The fourth-order valence-electron chi connectivity index (χ4n) is 1.02. The van der Waals surface area contributed by atoms with Gasteiger partial charge in [0.2, 0.25) is 0 Å². The van der Waals surface area contributed by atoms with Crippen molar-refractivity contribution in [2.75, 3.05) is 0 Å². The van der Waals surface area contributed by atoms with E-state index in [0.717, 1.165) is 0 Å². The maximum Gasteiger partial charge on any atom is 0.134 e. The molecule has 0 amide bonds. The Hall–Kier alpha value is -0.770. The molecule has 3 nitrogen and oxygen atoms in total. The van der Waals surface area contributed by atoms with Crippen molar-refractivity contribution in [2.24, 2.45) is 5.73 Å². The molecule has 72 valence electrons. The molecular weight excluding hydrogens is 190 g/mol. The summed E-state index contributed by atoms with van der Waals surface area (Å²) >= 11 is 5.61. The molecule has 0 fully saturated rings. The lowest BCUT2D eigenvalue weighted by Gasteiger charge is -2.15. The first-order valence-corrected chi connectivity index (χ1v) is 4.32. The Kier molecular flexibility index (Phi) is 3.14. The summed E-state index contributed by atoms with van der Waals surface area (Å²) in [7, 11) is 0. The number of aliphatic hydroxyl groups excluding tert-OH is 1. The number of aliphatic hydroxyl groups is 1. The van der Waals surface area contributed by atoms with Gasteiger partial charge in [-0.3, -0.25) is 0 Å². The minimum atomic E-state index is -0.652. The van der Waals surface area contributed by atoms with E-state index in [4.69, 9.17) is 17.3 Å². The van der Waals surface area contributed by atoms with Crippen molar-refractivity contribution in [3.05, 3.63) is 28.8 Å². The highest BCUT2D eigenvalue weighted by Gasteiger charge is 2.12. The van der Waals surface area contributed by atoms with E-state index in [1.807, 2.05) is 0 Å². The van der Waals surface area contributed by atoms with E-state index in [1.165, 1.54) is 6.07 Å². The molecule has 2 atom stereocenters. The lowest BCUT2D eigenvalue weighted by molar-refractivity contribution is 0.164. The van der Waals surface area contributed by atoms with Gasteiger partial charge in [0.05, 0.1) is 17.2 Å². The molecular formula is C9H12ClNO2. The molecule has 0 bridgehead atoms. The van der Waals surface area contributed by atoms with Crippen LogP contribution in [-0.2, 0) is 0 Å². The van der Waals surface area contributed by atoms with Crippen molar-refractivity contribution in [1.29, 1.82) is 0 Å². The first-order chi connectivity index (χ1) is 6.02. The van der Waals surface area contributed by atoms with E-state index < -0.39 is 12.1 Å². The van der Waals surface area contributed by atoms with E-state index >= 15 is 0 Å². The number of nitrogens with two attached hydrogens (primary N) is 1. The third-order valence-corrected chi connectivity index (χ3v) is 2.19. The van der Waals surface area contributed by atoms with Gasteiger partial charge in [0, 0.05) is 0 Å². The summed E-state index contributed by atoms with van der Waals surface area (Å²) in [6, 6.07) is 4.19. The second kappa shape index (κ2) is 3.96. The SMILES string of the molecule is CC(O)[C@@H](N)c1ccc(Cl)c(O)c1. The molecule has 0 radical (unpaired) electrons. The van der Waals surface area contributed by atoms with Crippen LogP contribution in [0.25, 0.3) is 0 Å². The quantitative estimate of drug-likeness (QED) is 0.678. The van der Waals surface area contributed by atoms with Crippen LogP contribution < -0.4 is 5.73 Å². The molecule has 1 rings (SSSR count). The van der Waals surface area contributed by atoms with Crippen molar-refractivity contribution in [3.8, 4) is 5.75 Å². The van der Waals surface area contributed by atoms with Crippen LogP contribution in [0.15, 0.2) is 18.2 Å². The Labute approximate surface area is 81.8 Å². The molecule has 0 saturated carbocycles. The third kappa shape index (κ3) is 2.34. The standard InChI is InChI=1S/C9H12ClNO2/c1-5(12)9(11)6-2-3-7(10)8(13)4-6/h2-5,9,12-13H,11H2,1H3/t5?,9-/m1/s1. The molecule has 1 aromatic rings. The highest BCUT2D eigenvalue weighted by atomic mass is 35.5. The van der Waals surface area contributed by atoms with Gasteiger partial charge >= 0.3 is 0 Å². The van der Waals surface area contributed by atoms with Gasteiger partial charge in [0.15, 0.2) is 0 Å². The minimum Gasteiger partial charge on any atom is -0.506 e. The first-order valence-electron chi connectivity index (χ1n) is 3.94. The molecule has 0 aliphatic heterocycles. The third-order valence-electron chi connectivity index (χ3n) is 1.87. The highest BCUT2D eigenvalue weighted by Crippen LogP contribution is 2.26. The van der Waals surface area contributed by atoms with Gasteiger partial charge in [0.25, 0.3) is 0 Å². The Morgan fingerprint density at radius 3 is 2.54 bits per heavy atom. The number of phenolic OH excluding ortho intramolecular Hbond substituents is 1. The number of aromatic hydroxyl groups is 1. The number of benzene rings is 1. The lowest BCUT2D eigenvalue weighted by Crippen LogP contribution is -2.22. The average Bonchev–Trinajstić information content (AvgIpc) is 2.08. The second-order valence-electron chi connectivity index (χ2n) is 2.98. The van der Waals surface area contributed by atoms with Gasteiger partial charge in [-0.1, -0.05) is 17.7 Å². The number of halogens is 1. The van der Waals surface area contributed by atoms with Gasteiger partial charge in [-0.2, -0.15) is 0 Å². The zero-order chi connectivity index (χ0) is 10.0. The van der Waals surface area contributed by atoms with Gasteiger partial charge in [-0.15, -0.1) is 0 Å². The van der Waals surface area contributed by atoms with Gasteiger partial charge in [-0.05, 0) is 24.6 Å². The molecule has 0 saturated heterocycles. The van der Waals surface area contributed by atoms with Crippen molar-refractivity contribution in [2.45, 2.75) is 19.1 Å². The Bertz CT molecular complexity index is 302. The number of phenols is 1. The Morgan fingerprint density at radius 1 is 1.46 bits per heavy atom. The zero-order valence-corrected chi connectivity index (χ0v) is 7.99. The molecule has 13 heavy (non-hydrogen) atoms. The number of rotatable bonds is 2. The lowest BCUT2D eigenvalue weighted by atomic mass is 10.0. The smallest absolute Gasteiger partial charge is 0.134 e. The topological polar surface area (TPSA) is 66.5 Å². The summed E-state index contributed by atoms with van der Waals surface area (Å²) < 4.78 is 0. The maximum absolute atomic E-state index is 9.26. The van der Waals surface area contributed by atoms with Gasteiger partial charge in [0.1, 0.15) is 5.75 Å².